The second kappa shape index (κ2) is 7.55. The topological polar surface area (TPSA) is 54.5 Å². The summed E-state index contributed by atoms with van der Waals surface area (Å²) in [4.78, 5) is 0.912. The number of nitriles is 1. The summed E-state index contributed by atoms with van der Waals surface area (Å²) in [6.07, 6.45) is 1.97. The van der Waals surface area contributed by atoms with Crippen molar-refractivity contribution in [2.45, 2.75) is 11.4 Å². The Morgan fingerprint density at radius 1 is 1.11 bits per heavy atom. The Morgan fingerprint density at radius 2 is 1.85 bits per heavy atom. The molecule has 0 saturated carbocycles. The number of nitrogens with zero attached hydrogens (tertiary/aromatic N) is 4. The van der Waals surface area contributed by atoms with Gasteiger partial charge in [0.05, 0.1) is 17.6 Å². The number of rotatable bonds is 4. The van der Waals surface area contributed by atoms with Gasteiger partial charge in [0.15, 0.2) is 0 Å². The van der Waals surface area contributed by atoms with Gasteiger partial charge in [-0.05, 0) is 35.6 Å². The van der Waals surface area contributed by atoms with E-state index in [1.807, 2.05) is 41.3 Å². The monoisotopic (exact) mass is 434 g/mol. The van der Waals surface area contributed by atoms with Gasteiger partial charge in [-0.15, -0.1) is 16.9 Å². The van der Waals surface area contributed by atoms with Crippen molar-refractivity contribution in [3.05, 3.63) is 76.3 Å². The minimum atomic E-state index is 0.581. The van der Waals surface area contributed by atoms with Crippen LogP contribution in [-0.2, 0) is 6.54 Å². The molecule has 0 amide bonds. The Balaban J connectivity index is 1.98. The number of hydrogen-bond acceptors (Lipinski definition) is 4. The summed E-state index contributed by atoms with van der Waals surface area (Å²) in [7, 11) is 0. The Hall–Kier alpha value is -2.62. The number of thioether (sulfide) groups is 1. The van der Waals surface area contributed by atoms with E-state index in [0.717, 1.165) is 31.6 Å². The molecule has 6 heteroatoms. The molecule has 1 aromatic heterocycles. The smallest absolute Gasteiger partial charge is 0.132 e. The molecule has 0 spiro atoms. The van der Waals surface area contributed by atoms with Crippen molar-refractivity contribution in [1.29, 1.82) is 5.26 Å². The summed E-state index contributed by atoms with van der Waals surface area (Å²) in [6, 6.07) is 22.7. The van der Waals surface area contributed by atoms with Crippen LogP contribution in [0.25, 0.3) is 22.2 Å². The summed E-state index contributed by atoms with van der Waals surface area (Å²) >= 11 is 5.04. The summed E-state index contributed by atoms with van der Waals surface area (Å²) in [5.74, 6) is 0. The minimum Gasteiger partial charge on any atom is -0.240 e. The summed E-state index contributed by atoms with van der Waals surface area (Å²) in [6.45, 7) is 0.602. The molecule has 4 aromatic rings. The van der Waals surface area contributed by atoms with Crippen LogP contribution in [0.15, 0.2) is 70.0 Å². The quantitative estimate of drug-likeness (QED) is 0.397. The van der Waals surface area contributed by atoms with Crippen LogP contribution in [0.3, 0.4) is 0 Å². The summed E-state index contributed by atoms with van der Waals surface area (Å²) in [5.41, 5.74) is 5.35. The fourth-order valence-electron chi connectivity index (χ4n) is 3.12. The molecule has 27 heavy (non-hydrogen) atoms. The SMILES string of the molecule is CSc1cc(-c2ccc(Br)cc2)c2c(nnn2Cc2ccccc2)c1C#N. The third kappa shape index (κ3) is 3.36. The average Bonchev–Trinajstić information content (AvgIpc) is 3.12. The molecule has 0 aliphatic rings. The van der Waals surface area contributed by atoms with Crippen LogP contribution in [0.5, 0.6) is 0 Å². The standard InChI is InChI=1S/C21H15BrN4S/c1-27-19-11-17(15-7-9-16(22)10-8-15)21-20(18(19)12-23)24-25-26(21)13-14-5-3-2-4-6-14/h2-11H,13H2,1H3. The fourth-order valence-corrected chi connectivity index (χ4v) is 3.97. The molecule has 0 aliphatic carbocycles. The predicted octanol–water partition coefficient (Wildman–Crippen LogP) is 5.50. The molecule has 3 aromatic carbocycles. The van der Waals surface area contributed by atoms with Gasteiger partial charge in [0.1, 0.15) is 11.6 Å². The van der Waals surface area contributed by atoms with Gasteiger partial charge < -0.3 is 0 Å². The molecule has 4 nitrogen and oxygen atoms in total. The van der Waals surface area contributed by atoms with E-state index >= 15 is 0 Å². The van der Waals surface area contributed by atoms with Crippen LogP contribution in [0.2, 0.25) is 0 Å². The molecule has 0 atom stereocenters. The van der Waals surface area contributed by atoms with E-state index in [1.54, 1.807) is 11.8 Å². The van der Waals surface area contributed by atoms with E-state index in [0.29, 0.717) is 17.6 Å². The van der Waals surface area contributed by atoms with Crippen molar-refractivity contribution in [2.24, 2.45) is 0 Å². The third-order valence-electron chi connectivity index (χ3n) is 4.41. The molecule has 0 bridgehead atoms. The normalized spacial score (nSPS) is 10.9. The lowest BCUT2D eigenvalue weighted by molar-refractivity contribution is 0.670. The average molecular weight is 435 g/mol. The lowest BCUT2D eigenvalue weighted by Gasteiger charge is -2.11. The van der Waals surface area contributed by atoms with E-state index in [1.165, 1.54) is 0 Å². The lowest BCUT2D eigenvalue weighted by atomic mass is 10.0. The zero-order valence-corrected chi connectivity index (χ0v) is 17.0. The first-order valence-corrected chi connectivity index (χ1v) is 10.4. The van der Waals surface area contributed by atoms with E-state index in [2.05, 4.69) is 62.6 Å². The molecule has 132 valence electrons. The molecule has 0 aliphatic heterocycles. The lowest BCUT2D eigenvalue weighted by Crippen LogP contribution is -2.03. The maximum Gasteiger partial charge on any atom is 0.132 e. The largest absolute Gasteiger partial charge is 0.240 e. The van der Waals surface area contributed by atoms with Gasteiger partial charge in [-0.3, -0.25) is 0 Å². The number of benzene rings is 3. The minimum absolute atomic E-state index is 0.581. The van der Waals surface area contributed by atoms with Gasteiger partial charge >= 0.3 is 0 Å². The predicted molar refractivity (Wildman–Crippen MR) is 113 cm³/mol. The van der Waals surface area contributed by atoms with E-state index in [9.17, 15) is 5.26 Å². The molecular weight excluding hydrogens is 420 g/mol. The van der Waals surface area contributed by atoms with Crippen LogP contribution < -0.4 is 0 Å². The first kappa shape index (κ1) is 17.8. The van der Waals surface area contributed by atoms with E-state index < -0.39 is 0 Å². The zero-order chi connectivity index (χ0) is 18.8. The number of halogens is 1. The van der Waals surface area contributed by atoms with Crippen LogP contribution in [0.4, 0.5) is 0 Å². The highest BCUT2D eigenvalue weighted by Gasteiger charge is 2.19. The summed E-state index contributed by atoms with van der Waals surface area (Å²) in [5, 5.41) is 18.4. The first-order valence-electron chi connectivity index (χ1n) is 8.35. The molecule has 1 heterocycles. The molecule has 4 rings (SSSR count). The zero-order valence-electron chi connectivity index (χ0n) is 14.6. The molecule has 0 saturated heterocycles. The van der Waals surface area contributed by atoms with Crippen molar-refractivity contribution in [3.8, 4) is 17.2 Å². The maximum atomic E-state index is 9.70. The fraction of sp³-hybridized carbons (Fsp3) is 0.0952. The van der Waals surface area contributed by atoms with Crippen LogP contribution in [-0.4, -0.2) is 21.2 Å². The Bertz CT molecular complexity index is 1140. The van der Waals surface area contributed by atoms with E-state index in [-0.39, 0.29) is 0 Å². The Kier molecular flexibility index (Phi) is 4.97. The van der Waals surface area contributed by atoms with Crippen molar-refractivity contribution in [2.75, 3.05) is 6.26 Å². The molecular formula is C21H15BrN4S. The van der Waals surface area contributed by atoms with Crippen LogP contribution >= 0.6 is 27.7 Å². The molecule has 0 unspecified atom stereocenters. The van der Waals surface area contributed by atoms with Crippen molar-refractivity contribution in [1.82, 2.24) is 15.0 Å². The van der Waals surface area contributed by atoms with Gasteiger partial charge in [0.25, 0.3) is 0 Å². The molecule has 0 radical (unpaired) electrons. The van der Waals surface area contributed by atoms with Gasteiger partial charge in [-0.1, -0.05) is 63.6 Å². The maximum absolute atomic E-state index is 9.70. The van der Waals surface area contributed by atoms with Gasteiger partial charge in [0, 0.05) is 14.9 Å². The highest BCUT2D eigenvalue weighted by Crippen LogP contribution is 2.36. The Morgan fingerprint density at radius 3 is 2.52 bits per heavy atom. The van der Waals surface area contributed by atoms with Gasteiger partial charge in [-0.25, -0.2) is 4.68 Å². The van der Waals surface area contributed by atoms with Crippen molar-refractivity contribution in [3.63, 3.8) is 0 Å². The Labute approximate surface area is 170 Å². The second-order valence-electron chi connectivity index (χ2n) is 6.05. The third-order valence-corrected chi connectivity index (χ3v) is 5.70. The number of aromatic nitrogens is 3. The number of fused-ring (bicyclic) bond motifs is 1. The van der Waals surface area contributed by atoms with Crippen molar-refractivity contribution < 1.29 is 0 Å². The second-order valence-corrected chi connectivity index (χ2v) is 7.81. The van der Waals surface area contributed by atoms with Crippen LogP contribution in [0, 0.1) is 11.3 Å². The first-order chi connectivity index (χ1) is 13.2. The van der Waals surface area contributed by atoms with E-state index in [4.69, 9.17) is 0 Å². The highest BCUT2D eigenvalue weighted by atomic mass is 79.9. The van der Waals surface area contributed by atoms with Crippen molar-refractivity contribution >= 4 is 38.7 Å². The van der Waals surface area contributed by atoms with Gasteiger partial charge in [-0.2, -0.15) is 5.26 Å². The molecule has 0 N–H and O–H groups in total. The summed E-state index contributed by atoms with van der Waals surface area (Å²) < 4.78 is 2.91. The highest BCUT2D eigenvalue weighted by molar-refractivity contribution is 9.10. The molecule has 0 fully saturated rings. The van der Waals surface area contributed by atoms with Gasteiger partial charge in [0.2, 0.25) is 0 Å². The van der Waals surface area contributed by atoms with Crippen LogP contribution in [0.1, 0.15) is 11.1 Å². The number of hydrogen-bond donors (Lipinski definition) is 0.